The van der Waals surface area contributed by atoms with E-state index in [1.165, 1.54) is 0 Å². The molecule has 44 heavy (non-hydrogen) atoms. The van der Waals surface area contributed by atoms with Crippen LogP contribution in [0.15, 0.2) is 36.4 Å². The number of aliphatic hydroxyl groups excluding tert-OH is 2. The van der Waals surface area contributed by atoms with E-state index in [-0.39, 0.29) is 5.56 Å². The quantitative estimate of drug-likeness (QED) is 0.0911. The van der Waals surface area contributed by atoms with E-state index in [4.69, 9.17) is 18.9 Å². The van der Waals surface area contributed by atoms with Gasteiger partial charge in [-0.3, -0.25) is 0 Å². The molecule has 3 aromatic rings. The highest BCUT2D eigenvalue weighted by atomic mass is 16.6. The fourth-order valence-corrected chi connectivity index (χ4v) is 4.13. The lowest BCUT2D eigenvalue weighted by atomic mass is 9.99. The van der Waals surface area contributed by atoms with Crippen molar-refractivity contribution >= 4 is 11.9 Å². The van der Waals surface area contributed by atoms with Crippen LogP contribution in [0, 0.1) is 0 Å². The first-order valence-corrected chi connectivity index (χ1v) is 12.4. The molecule has 4 rings (SSSR count). The van der Waals surface area contributed by atoms with Crippen LogP contribution in [0.3, 0.4) is 0 Å². The van der Waals surface area contributed by atoms with Crippen LogP contribution in [0.25, 0.3) is 0 Å². The molecule has 1 heterocycles. The zero-order valence-corrected chi connectivity index (χ0v) is 22.1. The molecule has 3 aromatic carbocycles. The molecule has 0 bridgehead atoms. The van der Waals surface area contributed by atoms with Crippen molar-refractivity contribution in [3.8, 4) is 51.7 Å². The molecule has 5 unspecified atom stereocenters. The van der Waals surface area contributed by atoms with Gasteiger partial charge in [-0.1, -0.05) is 0 Å². The molecule has 0 radical (unpaired) electrons. The van der Waals surface area contributed by atoms with Gasteiger partial charge >= 0.3 is 11.9 Å². The third kappa shape index (κ3) is 6.50. The maximum atomic E-state index is 12.9. The molecule has 0 aliphatic carbocycles. The van der Waals surface area contributed by atoms with Crippen LogP contribution in [0.4, 0.5) is 0 Å². The van der Waals surface area contributed by atoms with Crippen LogP contribution in [0.2, 0.25) is 0 Å². The maximum Gasteiger partial charge on any atom is 0.338 e. The number of aromatic hydroxyl groups is 9. The predicted octanol–water partition coefficient (Wildman–Crippen LogP) is 0.255. The molecule has 0 spiro atoms. The number of hydrogen-bond acceptors (Lipinski definition) is 17. The van der Waals surface area contributed by atoms with Crippen LogP contribution in [0.5, 0.6) is 51.7 Å². The summed E-state index contributed by atoms with van der Waals surface area (Å²) in [7, 11) is 0. The number of esters is 2. The van der Waals surface area contributed by atoms with E-state index >= 15 is 0 Å². The van der Waals surface area contributed by atoms with E-state index < -0.39 is 119 Å². The van der Waals surface area contributed by atoms with E-state index in [0.717, 1.165) is 36.4 Å². The summed E-state index contributed by atoms with van der Waals surface area (Å²) in [4.78, 5) is 25.7. The second-order valence-electron chi connectivity index (χ2n) is 9.50. The number of hydrogen-bond donors (Lipinski definition) is 11. The number of phenolic OH excluding ortho intramolecular Hbond substituents is 9. The average molecular weight is 622 g/mol. The van der Waals surface area contributed by atoms with Crippen molar-refractivity contribution in [3.05, 3.63) is 53.1 Å². The lowest BCUT2D eigenvalue weighted by Crippen LogP contribution is -2.57. The second-order valence-corrected chi connectivity index (χ2v) is 9.50. The first kappa shape index (κ1) is 31.6. The first-order chi connectivity index (χ1) is 20.7. The Labute approximate surface area is 245 Å². The lowest BCUT2D eigenvalue weighted by molar-refractivity contribution is -0.217. The fourth-order valence-electron chi connectivity index (χ4n) is 4.13. The molecular formula is C27H26O17. The molecular weight excluding hydrogens is 596 g/mol. The largest absolute Gasteiger partial charge is 0.504 e. The monoisotopic (exact) mass is 622 g/mol. The SMILES string of the molecule is O=C(OC1COC(COC(O)c2cc(O)c(O)c(O)c2)C(O)C1OC(=O)c1cc(O)c(O)c(O)c1)c1cc(O)c(O)c(O)c1. The van der Waals surface area contributed by atoms with Gasteiger partial charge in [-0.25, -0.2) is 9.59 Å². The van der Waals surface area contributed by atoms with Crippen molar-refractivity contribution in [3.63, 3.8) is 0 Å². The minimum Gasteiger partial charge on any atom is -0.504 e. The summed E-state index contributed by atoms with van der Waals surface area (Å²) in [6.45, 7) is -1.20. The standard InChI is InChI=1S/C27H26O17/c28-12-1-9(2-13(29)20(12)34)25(38)42-7-18-23(37)24(44-27(40)11-5-16(32)22(36)17(33)6-11)19(8-41-18)43-26(39)10-3-14(30)21(35)15(31)4-10/h1-6,18-19,23-25,28-38H,7-8H2. The van der Waals surface area contributed by atoms with Gasteiger partial charge in [0.05, 0.1) is 24.3 Å². The third-order valence-corrected chi connectivity index (χ3v) is 6.47. The van der Waals surface area contributed by atoms with Gasteiger partial charge in [0.25, 0.3) is 0 Å². The number of benzene rings is 3. The Balaban J connectivity index is 1.55. The van der Waals surface area contributed by atoms with Gasteiger partial charge in [0.2, 0.25) is 0 Å². The second kappa shape index (κ2) is 12.5. The number of carbonyl (C=O) groups is 2. The Morgan fingerprint density at radius 1 is 0.705 bits per heavy atom. The van der Waals surface area contributed by atoms with Crippen LogP contribution >= 0.6 is 0 Å². The molecule has 1 aliphatic rings. The van der Waals surface area contributed by atoms with Crippen LogP contribution in [0.1, 0.15) is 32.6 Å². The molecule has 17 heteroatoms. The van der Waals surface area contributed by atoms with E-state index in [2.05, 4.69) is 0 Å². The van der Waals surface area contributed by atoms with Gasteiger partial charge in [-0.2, -0.15) is 0 Å². The number of carbonyl (C=O) groups excluding carboxylic acids is 2. The Morgan fingerprint density at radius 2 is 1.11 bits per heavy atom. The highest BCUT2D eigenvalue weighted by molar-refractivity contribution is 5.92. The minimum atomic E-state index is -1.86. The lowest BCUT2D eigenvalue weighted by Gasteiger charge is -2.39. The van der Waals surface area contributed by atoms with Crippen LogP contribution in [-0.4, -0.2) is 106 Å². The molecule has 5 atom stereocenters. The smallest absolute Gasteiger partial charge is 0.338 e. The van der Waals surface area contributed by atoms with Crippen molar-refractivity contribution in [1.29, 1.82) is 0 Å². The van der Waals surface area contributed by atoms with E-state index in [9.17, 15) is 65.8 Å². The van der Waals surface area contributed by atoms with E-state index in [0.29, 0.717) is 0 Å². The number of phenols is 9. The highest BCUT2D eigenvalue weighted by Crippen LogP contribution is 2.39. The molecule has 0 amide bonds. The summed E-state index contributed by atoms with van der Waals surface area (Å²) in [5.41, 5.74) is -1.16. The van der Waals surface area contributed by atoms with E-state index in [1.54, 1.807) is 0 Å². The zero-order valence-electron chi connectivity index (χ0n) is 22.1. The van der Waals surface area contributed by atoms with Gasteiger partial charge in [0.15, 0.2) is 70.2 Å². The van der Waals surface area contributed by atoms with E-state index in [1.807, 2.05) is 0 Å². The van der Waals surface area contributed by atoms with Gasteiger partial charge < -0.3 is 75.1 Å². The highest BCUT2D eigenvalue weighted by Gasteiger charge is 2.45. The summed E-state index contributed by atoms with van der Waals surface area (Å²) >= 11 is 0. The zero-order chi connectivity index (χ0) is 32.5. The topological polar surface area (TPSA) is 294 Å². The van der Waals surface area contributed by atoms with Crippen molar-refractivity contribution in [2.45, 2.75) is 30.7 Å². The molecule has 236 valence electrons. The normalized spacial score (nSPS) is 20.5. The fraction of sp³-hybridized carbons (Fsp3) is 0.259. The minimum absolute atomic E-state index is 0.203. The van der Waals surface area contributed by atoms with Gasteiger partial charge in [-0.05, 0) is 36.4 Å². The molecule has 1 aliphatic heterocycles. The van der Waals surface area contributed by atoms with Crippen molar-refractivity contribution < 1.29 is 84.7 Å². The summed E-state index contributed by atoms with van der Waals surface area (Å²) in [6.07, 6.45) is -8.42. The van der Waals surface area contributed by atoms with Crippen molar-refractivity contribution in [2.24, 2.45) is 0 Å². The molecule has 17 nitrogen and oxygen atoms in total. The Bertz CT molecular complexity index is 1500. The summed E-state index contributed by atoms with van der Waals surface area (Å²) in [6, 6.07) is 4.78. The summed E-state index contributed by atoms with van der Waals surface area (Å²) < 4.78 is 21.3. The number of ether oxygens (including phenoxy) is 4. The van der Waals surface area contributed by atoms with Gasteiger partial charge in [0.1, 0.15) is 12.2 Å². The van der Waals surface area contributed by atoms with Crippen LogP contribution in [-0.2, 0) is 18.9 Å². The van der Waals surface area contributed by atoms with Crippen molar-refractivity contribution in [2.75, 3.05) is 13.2 Å². The molecule has 0 saturated carbocycles. The predicted molar refractivity (Wildman–Crippen MR) is 139 cm³/mol. The van der Waals surface area contributed by atoms with Gasteiger partial charge in [0, 0.05) is 5.56 Å². The van der Waals surface area contributed by atoms with Gasteiger partial charge in [-0.15, -0.1) is 0 Å². The molecule has 11 N–H and O–H groups in total. The summed E-state index contributed by atoms with van der Waals surface area (Å²) in [5.74, 6) is -10.2. The first-order valence-electron chi connectivity index (χ1n) is 12.4. The summed E-state index contributed by atoms with van der Waals surface area (Å²) in [5, 5.41) is 108. The molecule has 1 fully saturated rings. The Morgan fingerprint density at radius 3 is 1.57 bits per heavy atom. The Hall–Kier alpha value is -5.36. The Kier molecular flexibility index (Phi) is 8.95. The number of rotatable bonds is 8. The third-order valence-electron chi connectivity index (χ3n) is 6.47. The van der Waals surface area contributed by atoms with Crippen molar-refractivity contribution in [1.82, 2.24) is 0 Å². The average Bonchev–Trinajstić information content (AvgIpc) is 2.97. The molecule has 1 saturated heterocycles. The maximum absolute atomic E-state index is 12.9. The van der Waals surface area contributed by atoms with Crippen LogP contribution < -0.4 is 0 Å². The number of aliphatic hydroxyl groups is 2. The molecule has 0 aromatic heterocycles.